The van der Waals surface area contributed by atoms with E-state index in [9.17, 15) is 4.79 Å². The minimum atomic E-state index is -0.235. The van der Waals surface area contributed by atoms with Crippen molar-refractivity contribution in [3.05, 3.63) is 29.6 Å². The minimum absolute atomic E-state index is 0.235. The molecule has 136 valence electrons. The van der Waals surface area contributed by atoms with E-state index in [4.69, 9.17) is 4.74 Å². The Hall–Kier alpha value is -2.61. The normalized spacial score (nSPS) is 15.1. The smallest absolute Gasteiger partial charge is 0.321 e. The van der Waals surface area contributed by atoms with Crippen LogP contribution in [0, 0.1) is 0 Å². The van der Waals surface area contributed by atoms with Crippen LogP contribution in [0.25, 0.3) is 16.2 Å². The van der Waals surface area contributed by atoms with Crippen LogP contribution in [0.4, 0.5) is 10.7 Å². The van der Waals surface area contributed by atoms with Gasteiger partial charge in [0.05, 0.1) is 12.8 Å². The summed E-state index contributed by atoms with van der Waals surface area (Å²) < 4.78 is 6.95. The number of amides is 2. The van der Waals surface area contributed by atoms with Gasteiger partial charge < -0.3 is 10.1 Å². The van der Waals surface area contributed by atoms with Crippen molar-refractivity contribution in [3.8, 4) is 17.0 Å². The van der Waals surface area contributed by atoms with Crippen molar-refractivity contribution in [2.24, 2.45) is 0 Å². The van der Waals surface area contributed by atoms with Crippen molar-refractivity contribution in [2.45, 2.75) is 38.1 Å². The highest BCUT2D eigenvalue weighted by Gasteiger charge is 2.17. The van der Waals surface area contributed by atoms with Gasteiger partial charge in [0.25, 0.3) is 5.95 Å². The zero-order valence-electron chi connectivity index (χ0n) is 14.6. The molecule has 1 saturated carbocycles. The van der Waals surface area contributed by atoms with Crippen LogP contribution < -0.4 is 15.4 Å². The van der Waals surface area contributed by atoms with Crippen molar-refractivity contribution >= 4 is 28.3 Å². The summed E-state index contributed by atoms with van der Waals surface area (Å²) in [6.45, 7) is 0. The van der Waals surface area contributed by atoms with E-state index in [0.717, 1.165) is 34.8 Å². The van der Waals surface area contributed by atoms with Gasteiger partial charge in [-0.2, -0.15) is 4.98 Å². The number of aromatic nitrogens is 3. The van der Waals surface area contributed by atoms with Gasteiger partial charge in [-0.3, -0.25) is 5.32 Å². The third kappa shape index (κ3) is 3.50. The van der Waals surface area contributed by atoms with Gasteiger partial charge in [0.15, 0.2) is 0 Å². The molecule has 2 amide bonds. The van der Waals surface area contributed by atoms with Gasteiger partial charge in [-0.05, 0) is 37.1 Å². The van der Waals surface area contributed by atoms with Gasteiger partial charge >= 0.3 is 6.03 Å². The molecule has 1 aliphatic rings. The van der Waals surface area contributed by atoms with E-state index in [0.29, 0.717) is 5.95 Å². The van der Waals surface area contributed by atoms with E-state index in [1.54, 1.807) is 11.6 Å². The van der Waals surface area contributed by atoms with E-state index in [-0.39, 0.29) is 12.1 Å². The minimum Gasteiger partial charge on any atom is -0.497 e. The van der Waals surface area contributed by atoms with Crippen molar-refractivity contribution in [3.63, 3.8) is 0 Å². The van der Waals surface area contributed by atoms with Crippen molar-refractivity contribution in [1.82, 2.24) is 19.9 Å². The molecule has 2 aromatic heterocycles. The van der Waals surface area contributed by atoms with Crippen LogP contribution in [0.15, 0.2) is 29.6 Å². The maximum Gasteiger partial charge on any atom is 0.321 e. The number of urea groups is 1. The summed E-state index contributed by atoms with van der Waals surface area (Å²) in [4.78, 5) is 17.3. The van der Waals surface area contributed by atoms with Crippen LogP contribution in [0.5, 0.6) is 5.75 Å². The predicted molar refractivity (Wildman–Crippen MR) is 102 cm³/mol. The fourth-order valence-corrected chi connectivity index (χ4v) is 4.10. The molecule has 8 heteroatoms. The summed E-state index contributed by atoms with van der Waals surface area (Å²) in [6.07, 6.45) is 5.69. The lowest BCUT2D eigenvalue weighted by Crippen LogP contribution is -2.39. The highest BCUT2D eigenvalue weighted by Crippen LogP contribution is 2.27. The molecule has 0 bridgehead atoms. The van der Waals surface area contributed by atoms with Crippen molar-refractivity contribution in [2.75, 3.05) is 12.4 Å². The van der Waals surface area contributed by atoms with Gasteiger partial charge in [0.1, 0.15) is 5.75 Å². The number of nitrogens with zero attached hydrogens (tertiary/aromatic N) is 3. The van der Waals surface area contributed by atoms with Crippen LogP contribution in [0.2, 0.25) is 0 Å². The molecule has 0 aliphatic heterocycles. The SMILES string of the molecule is COc1ccc(-c2csc3nc(NC(=O)NC4CCCCC4)nn23)cc1. The van der Waals surface area contributed by atoms with Crippen LogP contribution in [-0.2, 0) is 0 Å². The topological polar surface area (TPSA) is 80.5 Å². The van der Waals surface area contributed by atoms with Crippen LogP contribution in [0.3, 0.4) is 0 Å². The number of carbonyl (C=O) groups is 1. The number of benzene rings is 1. The molecule has 4 rings (SSSR count). The molecule has 1 fully saturated rings. The lowest BCUT2D eigenvalue weighted by Gasteiger charge is -2.22. The molecule has 7 nitrogen and oxygen atoms in total. The Morgan fingerprint density at radius 1 is 1.23 bits per heavy atom. The van der Waals surface area contributed by atoms with Crippen LogP contribution in [0.1, 0.15) is 32.1 Å². The molecule has 0 saturated heterocycles. The summed E-state index contributed by atoms with van der Waals surface area (Å²) in [5, 5.41) is 12.2. The number of hydrogen-bond acceptors (Lipinski definition) is 5. The van der Waals surface area contributed by atoms with Gasteiger partial charge in [0, 0.05) is 17.0 Å². The fourth-order valence-electron chi connectivity index (χ4n) is 3.26. The molecule has 1 aliphatic carbocycles. The molecule has 1 aromatic carbocycles. The number of rotatable bonds is 4. The maximum absolute atomic E-state index is 12.2. The number of anilines is 1. The van der Waals surface area contributed by atoms with Gasteiger partial charge in [-0.25, -0.2) is 9.31 Å². The quantitative estimate of drug-likeness (QED) is 0.728. The van der Waals surface area contributed by atoms with Crippen LogP contribution >= 0.6 is 11.3 Å². The van der Waals surface area contributed by atoms with E-state index in [2.05, 4.69) is 20.7 Å². The molecular formula is C18H21N5O2S. The summed E-state index contributed by atoms with van der Waals surface area (Å²) in [6, 6.07) is 7.79. The van der Waals surface area contributed by atoms with E-state index in [1.807, 2.05) is 29.6 Å². The Morgan fingerprint density at radius 3 is 2.73 bits per heavy atom. The van der Waals surface area contributed by atoms with E-state index in [1.165, 1.54) is 30.6 Å². The van der Waals surface area contributed by atoms with Crippen LogP contribution in [-0.4, -0.2) is 33.8 Å². The number of thiazole rings is 1. The Bertz CT molecular complexity index is 896. The second-order valence-electron chi connectivity index (χ2n) is 6.41. The molecule has 2 N–H and O–H groups in total. The van der Waals surface area contributed by atoms with Gasteiger partial charge in [0.2, 0.25) is 4.96 Å². The molecule has 0 radical (unpaired) electrons. The summed E-state index contributed by atoms with van der Waals surface area (Å²) in [5.74, 6) is 1.13. The monoisotopic (exact) mass is 371 g/mol. The highest BCUT2D eigenvalue weighted by molar-refractivity contribution is 7.15. The van der Waals surface area contributed by atoms with Gasteiger partial charge in [-0.1, -0.05) is 19.3 Å². The summed E-state index contributed by atoms with van der Waals surface area (Å²) in [5.41, 5.74) is 1.95. The second kappa shape index (κ2) is 7.33. The lowest BCUT2D eigenvalue weighted by molar-refractivity contribution is 0.244. The summed E-state index contributed by atoms with van der Waals surface area (Å²) >= 11 is 1.49. The highest BCUT2D eigenvalue weighted by atomic mass is 32.1. The third-order valence-corrected chi connectivity index (χ3v) is 5.45. The van der Waals surface area contributed by atoms with Gasteiger partial charge in [-0.15, -0.1) is 16.4 Å². The fraction of sp³-hybridized carbons (Fsp3) is 0.389. The first-order valence-electron chi connectivity index (χ1n) is 8.79. The van der Waals surface area contributed by atoms with E-state index >= 15 is 0 Å². The Balaban J connectivity index is 1.49. The van der Waals surface area contributed by atoms with E-state index < -0.39 is 0 Å². The Labute approximate surface area is 155 Å². The largest absolute Gasteiger partial charge is 0.497 e. The van der Waals surface area contributed by atoms with Crippen molar-refractivity contribution in [1.29, 1.82) is 0 Å². The standard InChI is InChI=1S/C18H21N5O2S/c1-25-14-9-7-12(8-10-14)15-11-26-18-21-16(22-23(15)18)20-17(24)19-13-5-3-2-4-6-13/h7-11,13H,2-6H2,1H3,(H2,19,20,22,24). The predicted octanol–water partition coefficient (Wildman–Crippen LogP) is 3.92. The first-order chi connectivity index (χ1) is 12.7. The number of hydrogen-bond donors (Lipinski definition) is 2. The first-order valence-corrected chi connectivity index (χ1v) is 9.67. The Morgan fingerprint density at radius 2 is 2.00 bits per heavy atom. The molecule has 0 spiro atoms. The average Bonchev–Trinajstić information content (AvgIpc) is 3.22. The number of carbonyl (C=O) groups excluding carboxylic acids is 1. The van der Waals surface area contributed by atoms with Crippen molar-refractivity contribution < 1.29 is 9.53 Å². The number of nitrogens with one attached hydrogen (secondary N) is 2. The first kappa shape index (κ1) is 16.8. The number of ether oxygens (including phenoxy) is 1. The number of methoxy groups -OCH3 is 1. The maximum atomic E-state index is 12.2. The molecule has 26 heavy (non-hydrogen) atoms. The summed E-state index contributed by atoms with van der Waals surface area (Å²) in [7, 11) is 1.64. The molecule has 3 aromatic rings. The third-order valence-electron chi connectivity index (χ3n) is 4.63. The second-order valence-corrected chi connectivity index (χ2v) is 7.25. The number of fused-ring (bicyclic) bond motifs is 1. The molecule has 2 heterocycles. The Kier molecular flexibility index (Phi) is 4.75. The lowest BCUT2D eigenvalue weighted by atomic mass is 9.96. The molecule has 0 atom stereocenters. The molecular weight excluding hydrogens is 350 g/mol. The zero-order valence-corrected chi connectivity index (χ0v) is 15.4. The molecule has 0 unspecified atom stereocenters. The zero-order chi connectivity index (χ0) is 17.9. The average molecular weight is 371 g/mol.